The topological polar surface area (TPSA) is 29.1 Å². The van der Waals surface area contributed by atoms with Crippen LogP contribution in [0.15, 0.2) is 48.5 Å². The number of amides is 1. The second-order valence-corrected chi connectivity index (χ2v) is 6.34. The Morgan fingerprint density at radius 1 is 1.19 bits per heavy atom. The molecule has 21 heavy (non-hydrogen) atoms. The summed E-state index contributed by atoms with van der Waals surface area (Å²) < 4.78 is 12.8. The second kappa shape index (κ2) is 7.48. The summed E-state index contributed by atoms with van der Waals surface area (Å²) >= 11 is 7.37. The van der Waals surface area contributed by atoms with Crippen LogP contribution < -0.4 is 5.32 Å². The monoisotopic (exact) mass is 323 g/mol. The molecule has 2 nitrogen and oxygen atoms in total. The maximum absolute atomic E-state index is 12.8. The van der Waals surface area contributed by atoms with Crippen LogP contribution in [0, 0.1) is 5.82 Å². The predicted molar refractivity (Wildman–Crippen MR) is 87.2 cm³/mol. The minimum absolute atomic E-state index is 0.0967. The molecule has 2 aromatic carbocycles. The van der Waals surface area contributed by atoms with Gasteiger partial charge in [-0.2, -0.15) is 0 Å². The number of benzene rings is 2. The van der Waals surface area contributed by atoms with Gasteiger partial charge in [-0.1, -0.05) is 23.7 Å². The number of rotatable bonds is 5. The Balaban J connectivity index is 1.84. The van der Waals surface area contributed by atoms with Crippen molar-refractivity contribution in [3.63, 3.8) is 0 Å². The summed E-state index contributed by atoms with van der Waals surface area (Å²) in [5.74, 6) is 0.313. The van der Waals surface area contributed by atoms with E-state index in [1.807, 2.05) is 31.2 Å². The van der Waals surface area contributed by atoms with E-state index in [1.165, 1.54) is 23.9 Å². The van der Waals surface area contributed by atoms with Crippen LogP contribution in [0.2, 0.25) is 5.02 Å². The molecule has 0 aliphatic rings. The first-order chi connectivity index (χ1) is 10.0. The SMILES string of the molecule is C[C@@H](SCc1ccc(Cl)cc1)C(=O)Nc1ccc(F)cc1. The van der Waals surface area contributed by atoms with Gasteiger partial charge in [0.1, 0.15) is 5.82 Å². The highest BCUT2D eigenvalue weighted by atomic mass is 35.5. The molecule has 2 rings (SSSR count). The molecule has 2 aromatic rings. The van der Waals surface area contributed by atoms with E-state index in [1.54, 1.807) is 12.1 Å². The number of thioether (sulfide) groups is 1. The van der Waals surface area contributed by atoms with E-state index in [4.69, 9.17) is 11.6 Å². The van der Waals surface area contributed by atoms with Crippen molar-refractivity contribution in [2.45, 2.75) is 17.9 Å². The average molecular weight is 324 g/mol. The zero-order chi connectivity index (χ0) is 15.2. The summed E-state index contributed by atoms with van der Waals surface area (Å²) in [7, 11) is 0. The van der Waals surface area contributed by atoms with Gasteiger partial charge in [-0.05, 0) is 48.9 Å². The summed E-state index contributed by atoms with van der Waals surface area (Å²) in [6.07, 6.45) is 0. The number of halogens is 2. The van der Waals surface area contributed by atoms with E-state index < -0.39 is 0 Å². The molecule has 1 atom stereocenters. The van der Waals surface area contributed by atoms with Crippen molar-refractivity contribution in [3.8, 4) is 0 Å². The Hall–Kier alpha value is -1.52. The van der Waals surface area contributed by atoms with E-state index in [-0.39, 0.29) is 17.0 Å². The third kappa shape index (κ3) is 5.06. The van der Waals surface area contributed by atoms with Crippen molar-refractivity contribution < 1.29 is 9.18 Å². The van der Waals surface area contributed by atoms with Crippen LogP contribution in [0.5, 0.6) is 0 Å². The first-order valence-corrected chi connectivity index (χ1v) is 7.90. The van der Waals surface area contributed by atoms with E-state index in [0.717, 1.165) is 11.3 Å². The zero-order valence-electron chi connectivity index (χ0n) is 11.5. The van der Waals surface area contributed by atoms with Gasteiger partial charge in [-0.15, -0.1) is 11.8 Å². The summed E-state index contributed by atoms with van der Waals surface area (Å²) in [5, 5.41) is 3.26. The molecule has 0 fully saturated rings. The lowest BCUT2D eigenvalue weighted by Crippen LogP contribution is -2.22. The van der Waals surface area contributed by atoms with Gasteiger partial charge in [0.25, 0.3) is 0 Å². The largest absolute Gasteiger partial charge is 0.325 e. The lowest BCUT2D eigenvalue weighted by atomic mass is 10.2. The number of hydrogen-bond acceptors (Lipinski definition) is 2. The lowest BCUT2D eigenvalue weighted by molar-refractivity contribution is -0.115. The molecule has 0 saturated carbocycles. The minimum atomic E-state index is -0.321. The molecular weight excluding hydrogens is 309 g/mol. The van der Waals surface area contributed by atoms with Gasteiger partial charge in [0.15, 0.2) is 0 Å². The highest BCUT2D eigenvalue weighted by Gasteiger charge is 2.13. The smallest absolute Gasteiger partial charge is 0.237 e. The van der Waals surface area contributed by atoms with Crippen molar-refractivity contribution in [1.29, 1.82) is 0 Å². The number of carbonyl (C=O) groups is 1. The molecular formula is C16H15ClFNOS. The molecule has 0 heterocycles. The lowest BCUT2D eigenvalue weighted by Gasteiger charge is -2.12. The van der Waals surface area contributed by atoms with E-state index in [0.29, 0.717) is 10.7 Å². The summed E-state index contributed by atoms with van der Waals surface area (Å²) in [6, 6.07) is 13.3. The first kappa shape index (κ1) is 15.9. The van der Waals surface area contributed by atoms with Gasteiger partial charge < -0.3 is 5.32 Å². The van der Waals surface area contributed by atoms with Crippen LogP contribution in [-0.2, 0) is 10.5 Å². The van der Waals surface area contributed by atoms with Crippen LogP contribution in [0.3, 0.4) is 0 Å². The standard InChI is InChI=1S/C16H15ClFNOS/c1-11(21-10-12-2-4-13(17)5-3-12)16(20)19-15-8-6-14(18)7-9-15/h2-9,11H,10H2,1H3,(H,19,20)/t11-/m1/s1. The Labute approximate surface area is 132 Å². The molecule has 1 N–H and O–H groups in total. The predicted octanol–water partition coefficient (Wildman–Crippen LogP) is 4.74. The van der Waals surface area contributed by atoms with Crippen LogP contribution in [0.1, 0.15) is 12.5 Å². The molecule has 0 aliphatic heterocycles. The maximum Gasteiger partial charge on any atom is 0.237 e. The van der Waals surface area contributed by atoms with Crippen LogP contribution >= 0.6 is 23.4 Å². The normalized spacial score (nSPS) is 12.0. The second-order valence-electron chi connectivity index (χ2n) is 4.58. The Morgan fingerprint density at radius 3 is 2.43 bits per heavy atom. The van der Waals surface area contributed by atoms with Gasteiger partial charge in [0.2, 0.25) is 5.91 Å². The molecule has 0 radical (unpaired) electrons. The summed E-state index contributed by atoms with van der Waals surface area (Å²) in [5.41, 5.74) is 1.71. The third-order valence-electron chi connectivity index (χ3n) is 2.89. The van der Waals surface area contributed by atoms with E-state index in [9.17, 15) is 9.18 Å². The molecule has 0 spiro atoms. The molecule has 0 bridgehead atoms. The van der Waals surface area contributed by atoms with Gasteiger partial charge in [-0.25, -0.2) is 4.39 Å². The number of anilines is 1. The quantitative estimate of drug-likeness (QED) is 0.861. The summed E-state index contributed by atoms with van der Waals surface area (Å²) in [4.78, 5) is 12.0. The number of carbonyl (C=O) groups excluding carboxylic acids is 1. The zero-order valence-corrected chi connectivity index (χ0v) is 13.0. The maximum atomic E-state index is 12.8. The fraction of sp³-hybridized carbons (Fsp3) is 0.188. The van der Waals surface area contributed by atoms with Crippen molar-refractivity contribution in [2.24, 2.45) is 0 Å². The van der Waals surface area contributed by atoms with Gasteiger partial charge in [0.05, 0.1) is 5.25 Å². The van der Waals surface area contributed by atoms with Gasteiger partial charge in [-0.3, -0.25) is 4.79 Å². The molecule has 5 heteroatoms. The van der Waals surface area contributed by atoms with Gasteiger partial charge >= 0.3 is 0 Å². The number of hydrogen-bond donors (Lipinski definition) is 1. The van der Waals surface area contributed by atoms with Crippen LogP contribution in [-0.4, -0.2) is 11.2 Å². The van der Waals surface area contributed by atoms with Crippen LogP contribution in [0.4, 0.5) is 10.1 Å². The van der Waals surface area contributed by atoms with Crippen molar-refractivity contribution in [2.75, 3.05) is 5.32 Å². The fourth-order valence-corrected chi connectivity index (χ4v) is 2.63. The molecule has 0 unspecified atom stereocenters. The highest BCUT2D eigenvalue weighted by Crippen LogP contribution is 2.20. The van der Waals surface area contributed by atoms with Crippen LogP contribution in [0.25, 0.3) is 0 Å². The fourth-order valence-electron chi connectivity index (χ4n) is 1.65. The Morgan fingerprint density at radius 2 is 1.81 bits per heavy atom. The third-order valence-corrected chi connectivity index (χ3v) is 4.36. The van der Waals surface area contributed by atoms with Crippen molar-refractivity contribution in [1.82, 2.24) is 0 Å². The van der Waals surface area contributed by atoms with Gasteiger partial charge in [0, 0.05) is 16.5 Å². The number of nitrogens with one attached hydrogen (secondary N) is 1. The minimum Gasteiger partial charge on any atom is -0.325 e. The van der Waals surface area contributed by atoms with Crippen molar-refractivity contribution in [3.05, 3.63) is 64.9 Å². The Bertz CT molecular complexity index is 601. The van der Waals surface area contributed by atoms with E-state index >= 15 is 0 Å². The first-order valence-electron chi connectivity index (χ1n) is 6.47. The van der Waals surface area contributed by atoms with Crippen molar-refractivity contribution >= 4 is 35.0 Å². The molecule has 0 aromatic heterocycles. The molecule has 110 valence electrons. The molecule has 0 aliphatic carbocycles. The summed E-state index contributed by atoms with van der Waals surface area (Å²) in [6.45, 7) is 1.85. The van der Waals surface area contributed by atoms with E-state index in [2.05, 4.69) is 5.32 Å². The Kier molecular flexibility index (Phi) is 5.65. The highest BCUT2D eigenvalue weighted by molar-refractivity contribution is 7.99. The molecule has 0 saturated heterocycles. The average Bonchev–Trinajstić information content (AvgIpc) is 2.48. The molecule has 1 amide bonds.